The van der Waals surface area contributed by atoms with Gasteiger partial charge in [0, 0.05) is 39.3 Å². The Bertz CT molecular complexity index is 213. The van der Waals surface area contributed by atoms with Gasteiger partial charge in [-0.25, -0.2) is 0 Å². The fourth-order valence-electron chi connectivity index (χ4n) is 1.14. The molecule has 4 atom stereocenters. The Kier molecular flexibility index (Phi) is 6.81. The first-order chi connectivity index (χ1) is 5.88. The fourth-order valence-corrected chi connectivity index (χ4v) is 1.58. The van der Waals surface area contributed by atoms with Gasteiger partial charge in [-0.2, -0.15) is 5.92 Å². The Labute approximate surface area is 113 Å². The van der Waals surface area contributed by atoms with Crippen molar-refractivity contribution in [2.45, 2.75) is 19.0 Å². The molecule has 0 saturated carbocycles. The molecular weight excluding hydrogens is 274 g/mol. The van der Waals surface area contributed by atoms with Gasteiger partial charge in [0.25, 0.3) is 0 Å². The molecule has 1 aliphatic rings. The summed E-state index contributed by atoms with van der Waals surface area (Å²) in [6.07, 6.45) is 1.74. The maximum absolute atomic E-state index is 11.0. The molecule has 3 nitrogen and oxygen atoms in total. The third-order valence-electron chi connectivity index (χ3n) is 1.86. The maximum atomic E-state index is 11.0. The van der Waals surface area contributed by atoms with Crippen molar-refractivity contribution in [1.29, 1.82) is 0 Å². The van der Waals surface area contributed by atoms with E-state index in [2.05, 4.69) is 0 Å². The van der Waals surface area contributed by atoms with Crippen molar-refractivity contribution in [1.82, 2.24) is 0 Å². The molecule has 74 valence electrons. The SMILES string of the molecule is [B]C1OC(COP([B-])(C)=O)[CH-]C1C.[Y]. The van der Waals surface area contributed by atoms with Gasteiger partial charge in [-0.3, -0.25) is 6.42 Å². The van der Waals surface area contributed by atoms with Crippen LogP contribution in [0.2, 0.25) is 0 Å². The Morgan fingerprint density at radius 2 is 2.29 bits per heavy atom. The maximum Gasteiger partial charge on any atom is 0.105 e. The molecule has 1 rings (SSSR count). The summed E-state index contributed by atoms with van der Waals surface area (Å²) in [5.74, 6) is 0.197. The van der Waals surface area contributed by atoms with Crippen LogP contribution in [-0.2, 0) is 46.5 Å². The number of hydrogen-bond acceptors (Lipinski definition) is 3. The van der Waals surface area contributed by atoms with Crippen LogP contribution in [0, 0.1) is 12.3 Å². The minimum Gasteiger partial charge on any atom is -0.484 e. The van der Waals surface area contributed by atoms with E-state index in [9.17, 15) is 4.57 Å². The smallest absolute Gasteiger partial charge is 0.105 e. The van der Waals surface area contributed by atoms with Crippen molar-refractivity contribution < 1.29 is 46.5 Å². The van der Waals surface area contributed by atoms with E-state index in [-0.39, 0.29) is 57.3 Å². The van der Waals surface area contributed by atoms with E-state index < -0.39 is 7.25 Å². The molecule has 4 unspecified atom stereocenters. The quantitative estimate of drug-likeness (QED) is 0.436. The van der Waals surface area contributed by atoms with E-state index >= 15 is 0 Å². The van der Waals surface area contributed by atoms with Crippen molar-refractivity contribution >= 4 is 22.7 Å². The van der Waals surface area contributed by atoms with E-state index in [0.717, 1.165) is 0 Å². The molecule has 0 aromatic heterocycles. The summed E-state index contributed by atoms with van der Waals surface area (Å²) in [4.78, 5) is 0. The minimum absolute atomic E-state index is 0. The second-order valence-electron chi connectivity index (χ2n) is 3.40. The largest absolute Gasteiger partial charge is 0.484 e. The zero-order valence-corrected chi connectivity index (χ0v) is 12.2. The molecule has 6 radical (unpaired) electrons. The van der Waals surface area contributed by atoms with Crippen molar-refractivity contribution in [2.75, 3.05) is 13.3 Å². The van der Waals surface area contributed by atoms with Crippen LogP contribution in [0.5, 0.6) is 0 Å². The van der Waals surface area contributed by atoms with Crippen molar-refractivity contribution in [2.24, 2.45) is 5.92 Å². The van der Waals surface area contributed by atoms with Crippen LogP contribution in [0.3, 0.4) is 0 Å². The molecule has 0 aromatic carbocycles. The molecule has 0 bridgehead atoms. The molecule has 1 fully saturated rings. The number of ether oxygens (including phenoxy) is 1. The van der Waals surface area contributed by atoms with Crippen molar-refractivity contribution in [3.63, 3.8) is 0 Å². The topological polar surface area (TPSA) is 35.5 Å². The third kappa shape index (κ3) is 5.46. The molecule has 0 amide bonds. The Hall–Kier alpha value is 1.38. The first-order valence-corrected chi connectivity index (χ1v) is 6.29. The standard InChI is InChI=1S/C7H12B2O3P.Y/c1-5-3-6(12-7(5)8)4-11-13(2,9)10;/h3,5-7H,4H2,1-2H3;/q-2;. The summed E-state index contributed by atoms with van der Waals surface area (Å²) >= 11 is 0. The van der Waals surface area contributed by atoms with E-state index in [1.807, 2.05) is 13.3 Å². The van der Waals surface area contributed by atoms with Gasteiger partial charge < -0.3 is 21.4 Å². The molecule has 0 spiro atoms. The number of rotatable bonds is 3. The first-order valence-electron chi connectivity index (χ1n) is 4.15. The van der Waals surface area contributed by atoms with Gasteiger partial charge >= 0.3 is 0 Å². The molecule has 1 saturated heterocycles. The second kappa shape index (κ2) is 6.20. The molecular formula is C7H12B2O3PY-2. The average Bonchev–Trinajstić information content (AvgIpc) is 2.27. The van der Waals surface area contributed by atoms with Gasteiger partial charge in [-0.05, 0) is 18.8 Å². The van der Waals surface area contributed by atoms with Gasteiger partial charge in [-0.15, -0.1) is 0 Å². The number of hydrogen-bond donors (Lipinski definition) is 0. The summed E-state index contributed by atoms with van der Waals surface area (Å²) in [6, 6.07) is -0.289. The van der Waals surface area contributed by atoms with Crippen LogP contribution in [-0.4, -0.2) is 40.8 Å². The van der Waals surface area contributed by atoms with Crippen LogP contribution in [0.1, 0.15) is 6.92 Å². The van der Waals surface area contributed by atoms with Crippen molar-refractivity contribution in [3.8, 4) is 0 Å². The average molecular weight is 286 g/mol. The summed E-state index contributed by atoms with van der Waals surface area (Å²) < 4.78 is 21.2. The monoisotopic (exact) mass is 286 g/mol. The summed E-state index contributed by atoms with van der Waals surface area (Å²) in [7, 11) is 7.92. The fraction of sp³-hybridized carbons (Fsp3) is 0.857. The van der Waals surface area contributed by atoms with Crippen LogP contribution < -0.4 is 0 Å². The molecule has 0 N–H and O–H groups in total. The summed E-state index contributed by atoms with van der Waals surface area (Å²) in [5, 5.41) is 0. The first kappa shape index (κ1) is 15.4. The van der Waals surface area contributed by atoms with Gasteiger partial charge in [0.05, 0.1) is 0 Å². The van der Waals surface area contributed by atoms with Crippen molar-refractivity contribution in [3.05, 3.63) is 6.42 Å². The Morgan fingerprint density at radius 3 is 2.64 bits per heavy atom. The van der Waals surface area contributed by atoms with Crippen LogP contribution in [0.4, 0.5) is 0 Å². The zero-order chi connectivity index (χ0) is 10.1. The van der Waals surface area contributed by atoms with Gasteiger partial charge in [0.15, 0.2) is 0 Å². The van der Waals surface area contributed by atoms with Crippen LogP contribution >= 0.6 is 7.25 Å². The molecule has 1 aliphatic heterocycles. The molecule has 0 aromatic rings. The zero-order valence-electron chi connectivity index (χ0n) is 8.42. The van der Waals surface area contributed by atoms with E-state index in [1.54, 1.807) is 0 Å². The molecule has 1 heterocycles. The Morgan fingerprint density at radius 1 is 1.71 bits per heavy atom. The van der Waals surface area contributed by atoms with Gasteiger partial charge in [-0.1, -0.05) is 14.2 Å². The normalized spacial score (nSPS) is 36.1. The van der Waals surface area contributed by atoms with Crippen LogP contribution in [0.25, 0.3) is 0 Å². The predicted octanol–water partition coefficient (Wildman–Crippen LogP) is 0.726. The van der Waals surface area contributed by atoms with E-state index in [0.29, 0.717) is 0 Å². The van der Waals surface area contributed by atoms with E-state index in [4.69, 9.17) is 24.7 Å². The third-order valence-corrected chi connectivity index (χ3v) is 2.53. The predicted molar refractivity (Wildman–Crippen MR) is 53.1 cm³/mol. The van der Waals surface area contributed by atoms with Gasteiger partial charge in [0.2, 0.25) is 0 Å². The summed E-state index contributed by atoms with van der Waals surface area (Å²) in [5.41, 5.74) is 0. The molecule has 0 aliphatic carbocycles. The van der Waals surface area contributed by atoms with Gasteiger partial charge in [0.1, 0.15) is 7.85 Å². The summed E-state index contributed by atoms with van der Waals surface area (Å²) in [6.45, 7) is 3.53. The molecule has 7 heteroatoms. The minimum atomic E-state index is -2.90. The second-order valence-corrected chi connectivity index (χ2v) is 5.47. The van der Waals surface area contributed by atoms with Crippen LogP contribution in [0.15, 0.2) is 0 Å². The molecule has 14 heavy (non-hydrogen) atoms. The Balaban J connectivity index is 0.00000169. The van der Waals surface area contributed by atoms with E-state index in [1.165, 1.54) is 6.66 Å².